The fourth-order valence-electron chi connectivity index (χ4n) is 7.34. The zero-order chi connectivity index (χ0) is 25.1. The van der Waals surface area contributed by atoms with E-state index in [1.807, 2.05) is 36.9 Å². The molecule has 1 saturated carbocycles. The summed E-state index contributed by atoms with van der Waals surface area (Å²) in [5.74, 6) is 0.471. The number of H-pyrrole nitrogens is 1. The quantitative estimate of drug-likeness (QED) is 0.360. The average Bonchev–Trinajstić information content (AvgIpc) is 3.67. The molecule has 4 aromatic heterocycles. The number of ether oxygens (including phenoxy) is 1. The van der Waals surface area contributed by atoms with Crippen LogP contribution in [0.25, 0.3) is 38.9 Å². The van der Waals surface area contributed by atoms with Gasteiger partial charge in [0.2, 0.25) is 0 Å². The highest BCUT2D eigenvalue weighted by molar-refractivity contribution is 6.02. The lowest BCUT2D eigenvalue weighted by atomic mass is 9.82. The molecule has 5 aromatic rings. The average molecular weight is 506 g/mol. The van der Waals surface area contributed by atoms with Crippen molar-refractivity contribution in [2.45, 2.75) is 62.6 Å². The molecule has 3 fully saturated rings. The lowest BCUT2D eigenvalue weighted by Gasteiger charge is -2.43. The first-order chi connectivity index (χ1) is 18.8. The molecule has 0 radical (unpaired) electrons. The molecule has 0 spiro atoms. The van der Waals surface area contributed by atoms with Crippen LogP contribution in [0.1, 0.15) is 50.1 Å². The van der Waals surface area contributed by atoms with Crippen LogP contribution in [-0.4, -0.2) is 66.0 Å². The molecule has 2 saturated heterocycles. The van der Waals surface area contributed by atoms with Crippen molar-refractivity contribution < 1.29 is 4.74 Å². The molecule has 38 heavy (non-hydrogen) atoms. The summed E-state index contributed by atoms with van der Waals surface area (Å²) < 4.78 is 7.97. The summed E-state index contributed by atoms with van der Waals surface area (Å²) in [4.78, 5) is 12.0. The van der Waals surface area contributed by atoms with Crippen LogP contribution in [0.4, 0.5) is 0 Å². The van der Waals surface area contributed by atoms with Crippen molar-refractivity contribution in [2.24, 2.45) is 0 Å². The largest absolute Gasteiger partial charge is 0.378 e. The third kappa shape index (κ3) is 3.50. The number of rotatable bonds is 4. The maximum absolute atomic E-state index is 5.85. The van der Waals surface area contributed by atoms with E-state index < -0.39 is 0 Å². The van der Waals surface area contributed by atoms with Gasteiger partial charge in [0.15, 0.2) is 5.65 Å². The zero-order valence-electron chi connectivity index (χ0n) is 21.3. The number of hydrogen-bond acceptors (Lipinski definition) is 6. The van der Waals surface area contributed by atoms with Gasteiger partial charge in [-0.15, -0.1) is 0 Å². The molecule has 3 aliphatic rings. The number of fused-ring (bicyclic) bond motifs is 4. The molecule has 192 valence electrons. The Bertz CT molecular complexity index is 1590. The standard InChI is InChI=1S/C30H31N7O/c1-2-24(25-16-33-34-26(25)3-1)28-29(20-10-13-31-14-11-20)35-37-27(12-15-32-30(28)37)19-4-6-21(7-5-19)36-22-8-9-23(36)18-38-17-22/h1-3,10-16,19,21-23H,4-9,17-18H2,(H,33,34)/t19?,21?,22-,23+. The van der Waals surface area contributed by atoms with Gasteiger partial charge in [0, 0.05) is 59.3 Å². The fraction of sp³-hybridized carbons (Fsp3) is 0.400. The summed E-state index contributed by atoms with van der Waals surface area (Å²) in [5.41, 5.74) is 7.28. The number of benzene rings is 1. The predicted molar refractivity (Wildman–Crippen MR) is 146 cm³/mol. The van der Waals surface area contributed by atoms with Gasteiger partial charge in [-0.1, -0.05) is 12.1 Å². The minimum Gasteiger partial charge on any atom is -0.378 e. The number of morpholine rings is 1. The molecule has 2 aliphatic heterocycles. The molecular formula is C30H31N7O. The maximum atomic E-state index is 5.85. The van der Waals surface area contributed by atoms with E-state index in [-0.39, 0.29) is 0 Å². The van der Waals surface area contributed by atoms with Crippen LogP contribution in [0.3, 0.4) is 0 Å². The number of aromatic nitrogens is 6. The molecule has 1 aromatic carbocycles. The van der Waals surface area contributed by atoms with Crippen LogP contribution in [-0.2, 0) is 4.74 Å². The van der Waals surface area contributed by atoms with Crippen LogP contribution in [0.15, 0.2) is 61.2 Å². The van der Waals surface area contributed by atoms with Gasteiger partial charge >= 0.3 is 0 Å². The Hall–Kier alpha value is -3.62. The summed E-state index contributed by atoms with van der Waals surface area (Å²) in [6.45, 7) is 1.83. The SMILES string of the molecule is c1cc(-c2c(-c3ccncc3)nn3c(C4CCC(N5[C@@H]6CC[C@H]5COC6)CC4)ccnc23)c2cn[nH]c2c1. The van der Waals surface area contributed by atoms with Crippen LogP contribution >= 0.6 is 0 Å². The second kappa shape index (κ2) is 8.99. The van der Waals surface area contributed by atoms with E-state index in [9.17, 15) is 0 Å². The Balaban J connectivity index is 1.20. The minimum atomic E-state index is 0.471. The smallest absolute Gasteiger partial charge is 0.163 e. The van der Waals surface area contributed by atoms with Crippen molar-refractivity contribution in [3.63, 3.8) is 0 Å². The van der Waals surface area contributed by atoms with E-state index in [2.05, 4.69) is 48.9 Å². The monoisotopic (exact) mass is 505 g/mol. The van der Waals surface area contributed by atoms with E-state index >= 15 is 0 Å². The second-order valence-electron chi connectivity index (χ2n) is 11.1. The van der Waals surface area contributed by atoms with E-state index in [0.29, 0.717) is 24.0 Å². The van der Waals surface area contributed by atoms with Crippen LogP contribution in [0, 0.1) is 0 Å². The second-order valence-corrected chi connectivity index (χ2v) is 11.1. The van der Waals surface area contributed by atoms with E-state index in [1.165, 1.54) is 44.2 Å². The third-order valence-electron chi connectivity index (χ3n) is 9.09. The highest BCUT2D eigenvalue weighted by Gasteiger charge is 2.42. The van der Waals surface area contributed by atoms with Gasteiger partial charge in [-0.25, -0.2) is 9.50 Å². The van der Waals surface area contributed by atoms with Gasteiger partial charge in [0.05, 0.1) is 30.5 Å². The molecule has 6 heterocycles. The van der Waals surface area contributed by atoms with Crippen LogP contribution in [0.5, 0.6) is 0 Å². The van der Waals surface area contributed by atoms with Crippen LogP contribution in [0.2, 0.25) is 0 Å². The van der Waals surface area contributed by atoms with Gasteiger partial charge in [-0.3, -0.25) is 15.0 Å². The molecule has 0 unspecified atom stereocenters. The Morgan fingerprint density at radius 2 is 1.63 bits per heavy atom. The highest BCUT2D eigenvalue weighted by Crippen LogP contribution is 2.42. The Morgan fingerprint density at radius 1 is 0.842 bits per heavy atom. The summed E-state index contributed by atoms with van der Waals surface area (Å²) >= 11 is 0. The molecule has 0 amide bonds. The van der Waals surface area contributed by atoms with Gasteiger partial charge in [0.1, 0.15) is 5.69 Å². The number of aromatic amines is 1. The maximum Gasteiger partial charge on any atom is 0.163 e. The normalized spacial score (nSPS) is 25.9. The Morgan fingerprint density at radius 3 is 2.45 bits per heavy atom. The Labute approximate surface area is 221 Å². The summed E-state index contributed by atoms with van der Waals surface area (Å²) in [7, 11) is 0. The lowest BCUT2D eigenvalue weighted by Crippen LogP contribution is -2.52. The minimum absolute atomic E-state index is 0.471. The predicted octanol–water partition coefficient (Wildman–Crippen LogP) is 5.22. The van der Waals surface area contributed by atoms with Gasteiger partial charge in [-0.2, -0.15) is 10.2 Å². The van der Waals surface area contributed by atoms with Crippen molar-refractivity contribution in [3.8, 4) is 22.4 Å². The lowest BCUT2D eigenvalue weighted by molar-refractivity contribution is -0.0443. The van der Waals surface area contributed by atoms with Crippen molar-refractivity contribution in [1.29, 1.82) is 0 Å². The van der Waals surface area contributed by atoms with Crippen molar-refractivity contribution in [2.75, 3.05) is 13.2 Å². The number of nitrogens with zero attached hydrogens (tertiary/aromatic N) is 6. The van der Waals surface area contributed by atoms with Gasteiger partial charge in [-0.05, 0) is 68.4 Å². The molecule has 8 rings (SSSR count). The molecule has 2 atom stereocenters. The molecule has 1 N–H and O–H groups in total. The Kier molecular flexibility index (Phi) is 5.29. The van der Waals surface area contributed by atoms with E-state index in [4.69, 9.17) is 14.8 Å². The first-order valence-corrected chi connectivity index (χ1v) is 13.9. The zero-order valence-corrected chi connectivity index (χ0v) is 21.3. The molecule has 8 heteroatoms. The van der Waals surface area contributed by atoms with E-state index in [1.54, 1.807) is 0 Å². The fourth-order valence-corrected chi connectivity index (χ4v) is 7.34. The molecular weight excluding hydrogens is 474 g/mol. The van der Waals surface area contributed by atoms with E-state index in [0.717, 1.165) is 52.1 Å². The number of nitrogens with one attached hydrogen (secondary N) is 1. The third-order valence-corrected chi connectivity index (χ3v) is 9.09. The summed E-state index contributed by atoms with van der Waals surface area (Å²) in [5, 5.41) is 13.7. The first-order valence-electron chi connectivity index (χ1n) is 13.9. The summed E-state index contributed by atoms with van der Waals surface area (Å²) in [6.07, 6.45) is 15.0. The van der Waals surface area contributed by atoms with Crippen molar-refractivity contribution in [3.05, 3.63) is 66.9 Å². The number of hydrogen-bond donors (Lipinski definition) is 1. The number of pyridine rings is 1. The molecule has 1 aliphatic carbocycles. The summed E-state index contributed by atoms with van der Waals surface area (Å²) in [6, 6.07) is 14.5. The van der Waals surface area contributed by atoms with Crippen molar-refractivity contribution in [1.82, 2.24) is 34.7 Å². The molecule has 8 nitrogen and oxygen atoms in total. The van der Waals surface area contributed by atoms with Crippen LogP contribution < -0.4 is 0 Å². The molecule has 2 bridgehead atoms. The van der Waals surface area contributed by atoms with Gasteiger partial charge < -0.3 is 4.74 Å². The topological polar surface area (TPSA) is 84.2 Å². The van der Waals surface area contributed by atoms with Gasteiger partial charge in [0.25, 0.3) is 0 Å². The highest BCUT2D eigenvalue weighted by atomic mass is 16.5. The first kappa shape index (κ1) is 22.4. The van der Waals surface area contributed by atoms with Crippen molar-refractivity contribution >= 4 is 16.6 Å².